The summed E-state index contributed by atoms with van der Waals surface area (Å²) < 4.78 is 0. The highest BCUT2D eigenvalue weighted by Crippen LogP contribution is 2.21. The Morgan fingerprint density at radius 2 is 1.77 bits per heavy atom. The van der Waals surface area contributed by atoms with Crippen LogP contribution in [0.3, 0.4) is 0 Å². The molecule has 2 heterocycles. The molecule has 0 radical (unpaired) electrons. The Labute approximate surface area is 181 Å². The van der Waals surface area contributed by atoms with Crippen molar-refractivity contribution in [2.75, 3.05) is 36.4 Å². The van der Waals surface area contributed by atoms with Gasteiger partial charge in [0.25, 0.3) is 5.91 Å². The van der Waals surface area contributed by atoms with Gasteiger partial charge in [-0.3, -0.25) is 14.4 Å². The van der Waals surface area contributed by atoms with Crippen molar-refractivity contribution in [3.05, 3.63) is 47.7 Å². The average Bonchev–Trinajstić information content (AvgIpc) is 2.77. The zero-order valence-corrected chi connectivity index (χ0v) is 17.9. The predicted molar refractivity (Wildman–Crippen MR) is 118 cm³/mol. The fourth-order valence-corrected chi connectivity index (χ4v) is 3.48. The molecule has 0 aliphatic carbocycles. The monoisotopic (exact) mass is 424 g/mol. The molecule has 0 saturated carbocycles. The molecule has 1 aliphatic rings. The van der Waals surface area contributed by atoms with E-state index in [1.165, 1.54) is 6.92 Å². The molecular formula is C22H28N6O3. The highest BCUT2D eigenvalue weighted by Gasteiger charge is 2.26. The molecule has 1 unspecified atom stereocenters. The van der Waals surface area contributed by atoms with Crippen LogP contribution in [0.1, 0.15) is 35.8 Å². The molecular weight excluding hydrogens is 396 g/mol. The van der Waals surface area contributed by atoms with Crippen molar-refractivity contribution in [2.24, 2.45) is 5.92 Å². The number of benzene rings is 1. The summed E-state index contributed by atoms with van der Waals surface area (Å²) >= 11 is 0. The van der Waals surface area contributed by atoms with Gasteiger partial charge in [0.15, 0.2) is 5.82 Å². The first kappa shape index (κ1) is 22.2. The van der Waals surface area contributed by atoms with Crippen LogP contribution in [0, 0.1) is 12.8 Å². The summed E-state index contributed by atoms with van der Waals surface area (Å²) in [6.45, 7) is 5.47. The second-order valence-corrected chi connectivity index (χ2v) is 7.62. The molecule has 31 heavy (non-hydrogen) atoms. The molecule has 9 nitrogen and oxygen atoms in total. The molecule has 0 bridgehead atoms. The number of nitrogens with one attached hydrogen (secondary N) is 3. The van der Waals surface area contributed by atoms with Crippen LogP contribution in [-0.4, -0.2) is 54.1 Å². The van der Waals surface area contributed by atoms with E-state index in [2.05, 4.69) is 31.0 Å². The first-order valence-electron chi connectivity index (χ1n) is 10.4. The fourth-order valence-electron chi connectivity index (χ4n) is 3.48. The molecule has 0 spiro atoms. The van der Waals surface area contributed by atoms with Crippen LogP contribution in [0.25, 0.3) is 0 Å². The lowest BCUT2D eigenvalue weighted by atomic mass is 9.97. The Bertz CT molecular complexity index is 914. The van der Waals surface area contributed by atoms with Crippen molar-refractivity contribution in [2.45, 2.75) is 26.7 Å². The van der Waals surface area contributed by atoms with Gasteiger partial charge in [0.05, 0.1) is 11.6 Å². The van der Waals surface area contributed by atoms with Gasteiger partial charge in [-0.05, 0) is 56.2 Å². The van der Waals surface area contributed by atoms with E-state index in [1.807, 2.05) is 19.1 Å². The number of aryl methyl sites for hydroxylation is 1. The first-order valence-corrected chi connectivity index (χ1v) is 10.4. The molecule has 1 saturated heterocycles. The van der Waals surface area contributed by atoms with Crippen LogP contribution in [0.5, 0.6) is 0 Å². The lowest BCUT2D eigenvalue weighted by Gasteiger charge is -2.32. The molecule has 2 aromatic rings. The van der Waals surface area contributed by atoms with Crippen molar-refractivity contribution >= 4 is 29.2 Å². The SMILES string of the molecule is CC(=O)Nc1ccc(C(=O)NCCNC(=O)C2CCCN(c3ccc(C)nn3)C2)cc1. The molecule has 1 aliphatic heterocycles. The Morgan fingerprint density at radius 1 is 1.03 bits per heavy atom. The van der Waals surface area contributed by atoms with Gasteiger partial charge >= 0.3 is 0 Å². The Kier molecular flexibility index (Phi) is 7.53. The van der Waals surface area contributed by atoms with Crippen molar-refractivity contribution in [3.63, 3.8) is 0 Å². The van der Waals surface area contributed by atoms with Gasteiger partial charge < -0.3 is 20.9 Å². The lowest BCUT2D eigenvalue weighted by Crippen LogP contribution is -2.45. The Balaban J connectivity index is 1.40. The number of anilines is 2. The summed E-state index contributed by atoms with van der Waals surface area (Å²) in [4.78, 5) is 37.9. The van der Waals surface area contributed by atoms with E-state index in [0.29, 0.717) is 30.9 Å². The molecule has 1 atom stereocenters. The van der Waals surface area contributed by atoms with Crippen LogP contribution >= 0.6 is 0 Å². The van der Waals surface area contributed by atoms with Crippen LogP contribution in [-0.2, 0) is 9.59 Å². The third kappa shape index (κ3) is 6.50. The maximum absolute atomic E-state index is 12.5. The van der Waals surface area contributed by atoms with Crippen LogP contribution in [0.15, 0.2) is 36.4 Å². The molecule has 3 rings (SSSR count). The number of carbonyl (C=O) groups excluding carboxylic acids is 3. The minimum atomic E-state index is -0.231. The Hall–Kier alpha value is -3.49. The molecule has 1 aromatic heterocycles. The van der Waals surface area contributed by atoms with Crippen molar-refractivity contribution in [1.82, 2.24) is 20.8 Å². The number of amides is 3. The molecule has 3 N–H and O–H groups in total. The predicted octanol–water partition coefficient (Wildman–Crippen LogP) is 1.51. The normalized spacial score (nSPS) is 15.8. The third-order valence-corrected chi connectivity index (χ3v) is 5.08. The standard InChI is InChI=1S/C22H28N6O3/c1-15-5-10-20(27-26-15)28-13-3-4-18(14-28)22(31)24-12-11-23-21(30)17-6-8-19(9-7-17)25-16(2)29/h5-10,18H,3-4,11-14H2,1-2H3,(H,23,30)(H,24,31)(H,25,29). The number of nitrogens with zero attached hydrogens (tertiary/aromatic N) is 3. The van der Waals surface area contributed by atoms with Crippen LogP contribution < -0.4 is 20.9 Å². The maximum Gasteiger partial charge on any atom is 0.251 e. The van der Waals surface area contributed by atoms with Gasteiger partial charge in [-0.2, -0.15) is 5.10 Å². The molecule has 1 aromatic carbocycles. The quantitative estimate of drug-likeness (QED) is 0.580. The van der Waals surface area contributed by atoms with Gasteiger partial charge in [-0.25, -0.2) is 0 Å². The number of carbonyl (C=O) groups is 3. The molecule has 1 fully saturated rings. The number of aromatic nitrogens is 2. The van der Waals surface area contributed by atoms with E-state index in [-0.39, 0.29) is 23.6 Å². The highest BCUT2D eigenvalue weighted by atomic mass is 16.2. The second kappa shape index (κ2) is 10.5. The lowest BCUT2D eigenvalue weighted by molar-refractivity contribution is -0.125. The van der Waals surface area contributed by atoms with Gasteiger partial charge in [0.1, 0.15) is 0 Å². The summed E-state index contributed by atoms with van der Waals surface area (Å²) in [5, 5.41) is 16.7. The van der Waals surface area contributed by atoms with E-state index >= 15 is 0 Å². The second-order valence-electron chi connectivity index (χ2n) is 7.62. The zero-order valence-electron chi connectivity index (χ0n) is 17.9. The van der Waals surface area contributed by atoms with Gasteiger partial charge in [0, 0.05) is 44.4 Å². The summed E-state index contributed by atoms with van der Waals surface area (Å²) in [5.74, 6) is 0.263. The summed E-state index contributed by atoms with van der Waals surface area (Å²) in [7, 11) is 0. The maximum atomic E-state index is 12.5. The zero-order chi connectivity index (χ0) is 22.2. The fraction of sp³-hybridized carbons (Fsp3) is 0.409. The topological polar surface area (TPSA) is 116 Å². The number of rotatable bonds is 7. The van der Waals surface area contributed by atoms with Crippen LogP contribution in [0.2, 0.25) is 0 Å². The number of hydrogen-bond donors (Lipinski definition) is 3. The summed E-state index contributed by atoms with van der Waals surface area (Å²) in [6, 6.07) is 10.5. The van der Waals surface area contributed by atoms with Gasteiger partial charge in [-0.1, -0.05) is 0 Å². The van der Waals surface area contributed by atoms with Crippen LogP contribution in [0.4, 0.5) is 11.5 Å². The van der Waals surface area contributed by atoms with E-state index in [0.717, 1.165) is 30.9 Å². The van der Waals surface area contributed by atoms with E-state index in [9.17, 15) is 14.4 Å². The summed E-state index contributed by atoms with van der Waals surface area (Å²) in [5.41, 5.74) is 1.98. The van der Waals surface area contributed by atoms with Crippen molar-refractivity contribution in [3.8, 4) is 0 Å². The molecule has 9 heteroatoms. The van der Waals surface area contributed by atoms with E-state index < -0.39 is 0 Å². The van der Waals surface area contributed by atoms with Gasteiger partial charge in [-0.15, -0.1) is 5.10 Å². The smallest absolute Gasteiger partial charge is 0.251 e. The molecule has 164 valence electrons. The van der Waals surface area contributed by atoms with Crippen molar-refractivity contribution < 1.29 is 14.4 Å². The van der Waals surface area contributed by atoms with E-state index in [4.69, 9.17) is 0 Å². The summed E-state index contributed by atoms with van der Waals surface area (Å²) in [6.07, 6.45) is 1.74. The first-order chi connectivity index (χ1) is 14.9. The number of piperidine rings is 1. The minimum Gasteiger partial charge on any atom is -0.354 e. The van der Waals surface area contributed by atoms with E-state index in [1.54, 1.807) is 24.3 Å². The third-order valence-electron chi connectivity index (χ3n) is 5.08. The Morgan fingerprint density at radius 3 is 2.45 bits per heavy atom. The molecule has 3 amide bonds. The van der Waals surface area contributed by atoms with Crippen molar-refractivity contribution in [1.29, 1.82) is 0 Å². The number of hydrogen-bond acceptors (Lipinski definition) is 6. The van der Waals surface area contributed by atoms with Gasteiger partial charge in [0.2, 0.25) is 11.8 Å². The highest BCUT2D eigenvalue weighted by molar-refractivity contribution is 5.95. The largest absolute Gasteiger partial charge is 0.354 e. The minimum absolute atomic E-state index is 0.0151. The average molecular weight is 425 g/mol.